The first-order valence-corrected chi connectivity index (χ1v) is 10.5. The van der Waals surface area contributed by atoms with E-state index < -0.39 is 10.0 Å². The van der Waals surface area contributed by atoms with Gasteiger partial charge >= 0.3 is 0 Å². The highest BCUT2D eigenvalue weighted by molar-refractivity contribution is 7.89. The van der Waals surface area contributed by atoms with Crippen LogP contribution in [0.3, 0.4) is 0 Å². The first-order chi connectivity index (χ1) is 12.6. The van der Waals surface area contributed by atoms with E-state index in [0.717, 1.165) is 36.0 Å². The Hall–Kier alpha value is -2.18. The largest absolute Gasteiger partial charge is 0.410 e. The lowest BCUT2D eigenvalue weighted by Crippen LogP contribution is -2.38. The first kappa shape index (κ1) is 16.0. The molecule has 0 aromatic heterocycles. The van der Waals surface area contributed by atoms with Crippen molar-refractivity contribution in [2.75, 3.05) is 0 Å². The molecule has 0 aliphatic heterocycles. The van der Waals surface area contributed by atoms with Gasteiger partial charge in [0.05, 0.1) is 4.90 Å². The fourth-order valence-corrected chi connectivity index (χ4v) is 6.30. The van der Waals surface area contributed by atoms with Crippen LogP contribution in [0, 0.1) is 11.8 Å². The number of sulfonamides is 1. The van der Waals surface area contributed by atoms with Crippen LogP contribution < -0.4 is 4.72 Å². The average Bonchev–Trinajstić information content (AvgIpc) is 3.33. The highest BCUT2D eigenvalue weighted by atomic mass is 32.2. The zero-order valence-electron chi connectivity index (χ0n) is 14.2. The second-order valence-corrected chi connectivity index (χ2v) is 9.32. The Morgan fingerprint density at radius 1 is 0.962 bits per heavy atom. The highest BCUT2D eigenvalue weighted by Crippen LogP contribution is 2.45. The van der Waals surface area contributed by atoms with E-state index in [0.29, 0.717) is 23.1 Å². The molecule has 0 spiro atoms. The molecule has 134 valence electrons. The van der Waals surface area contributed by atoms with E-state index in [1.807, 2.05) is 30.3 Å². The van der Waals surface area contributed by atoms with Gasteiger partial charge in [0.1, 0.15) is 5.71 Å². The molecule has 5 rings (SSSR count). The maximum absolute atomic E-state index is 12.9. The van der Waals surface area contributed by atoms with Crippen molar-refractivity contribution in [1.82, 2.24) is 4.72 Å². The molecule has 2 bridgehead atoms. The van der Waals surface area contributed by atoms with Crippen LogP contribution in [-0.2, 0) is 10.0 Å². The Labute approximate surface area is 152 Å². The van der Waals surface area contributed by atoms with E-state index in [9.17, 15) is 13.6 Å². The van der Waals surface area contributed by atoms with Crippen molar-refractivity contribution in [2.45, 2.75) is 36.6 Å². The molecule has 3 unspecified atom stereocenters. The molecule has 0 saturated heterocycles. The maximum Gasteiger partial charge on any atom is 0.240 e. The van der Waals surface area contributed by atoms with E-state index in [1.165, 1.54) is 6.42 Å². The quantitative estimate of drug-likeness (QED) is 0.550. The molecule has 2 fully saturated rings. The van der Waals surface area contributed by atoms with Gasteiger partial charge in [0.15, 0.2) is 0 Å². The van der Waals surface area contributed by atoms with Crippen LogP contribution in [0.15, 0.2) is 52.5 Å². The van der Waals surface area contributed by atoms with Crippen LogP contribution in [0.2, 0.25) is 0 Å². The normalized spacial score (nSPS) is 27.7. The number of oxime groups is 1. The van der Waals surface area contributed by atoms with Crippen LogP contribution in [-0.4, -0.2) is 25.4 Å². The summed E-state index contributed by atoms with van der Waals surface area (Å²) in [5.74, 6) is 1.15. The van der Waals surface area contributed by atoms with Crippen molar-refractivity contribution in [3.05, 3.63) is 53.6 Å². The molecule has 6 heteroatoms. The molecule has 3 atom stereocenters. The molecule has 5 nitrogen and oxygen atoms in total. The molecule has 2 N–H and O–H groups in total. The SMILES string of the molecule is O=S(=O)(NC1CC2CCC1C2)c1ccc2c(c1)C(=NO)c1ccccc1-2. The fourth-order valence-electron chi connectivity index (χ4n) is 4.95. The van der Waals surface area contributed by atoms with E-state index in [2.05, 4.69) is 9.88 Å². The van der Waals surface area contributed by atoms with Gasteiger partial charge in [-0.3, -0.25) is 0 Å². The summed E-state index contributed by atoms with van der Waals surface area (Å²) in [4.78, 5) is 0.230. The standard InChI is InChI=1S/C20H20N2O3S/c23-21-20-17-4-2-1-3-15(17)16-8-7-14(11-18(16)20)26(24,25)22-19-10-12-5-6-13(19)9-12/h1-4,7-8,11-13,19,22-23H,5-6,9-10H2. The molecule has 3 aliphatic rings. The molecule has 0 amide bonds. The summed E-state index contributed by atoms with van der Waals surface area (Å²) >= 11 is 0. The van der Waals surface area contributed by atoms with Gasteiger partial charge in [-0.15, -0.1) is 0 Å². The average molecular weight is 368 g/mol. The van der Waals surface area contributed by atoms with Gasteiger partial charge in [-0.2, -0.15) is 0 Å². The van der Waals surface area contributed by atoms with Gasteiger partial charge in [-0.25, -0.2) is 13.1 Å². The number of benzene rings is 2. The third-order valence-corrected chi connectivity index (χ3v) is 7.66. The Kier molecular flexibility index (Phi) is 3.49. The monoisotopic (exact) mass is 368 g/mol. The third-order valence-electron chi connectivity index (χ3n) is 6.17. The molecular formula is C20H20N2O3S. The van der Waals surface area contributed by atoms with Crippen LogP contribution in [0.1, 0.15) is 36.8 Å². The van der Waals surface area contributed by atoms with Gasteiger partial charge in [-0.1, -0.05) is 41.9 Å². The van der Waals surface area contributed by atoms with Crippen molar-refractivity contribution >= 4 is 15.7 Å². The molecule has 26 heavy (non-hydrogen) atoms. The summed E-state index contributed by atoms with van der Waals surface area (Å²) in [7, 11) is -3.59. The molecular weight excluding hydrogens is 348 g/mol. The van der Waals surface area contributed by atoms with Gasteiger partial charge in [-0.05, 0) is 54.4 Å². The van der Waals surface area contributed by atoms with E-state index in [4.69, 9.17) is 0 Å². The summed E-state index contributed by atoms with van der Waals surface area (Å²) in [6, 6.07) is 12.8. The lowest BCUT2D eigenvalue weighted by molar-refractivity contribution is 0.320. The zero-order valence-corrected chi connectivity index (χ0v) is 15.0. The number of hydrogen-bond donors (Lipinski definition) is 2. The summed E-state index contributed by atoms with van der Waals surface area (Å²) in [6.45, 7) is 0. The third kappa shape index (κ3) is 2.32. The number of rotatable bonds is 3. The van der Waals surface area contributed by atoms with E-state index >= 15 is 0 Å². The summed E-state index contributed by atoms with van der Waals surface area (Å²) in [5.41, 5.74) is 3.75. The summed E-state index contributed by atoms with van der Waals surface area (Å²) in [6.07, 6.45) is 4.45. The Bertz CT molecular complexity index is 1030. The minimum atomic E-state index is -3.59. The van der Waals surface area contributed by atoms with Crippen molar-refractivity contribution in [3.8, 4) is 11.1 Å². The first-order valence-electron chi connectivity index (χ1n) is 9.05. The van der Waals surface area contributed by atoms with E-state index in [-0.39, 0.29) is 10.9 Å². The molecule has 2 aromatic rings. The molecule has 2 aromatic carbocycles. The Balaban J connectivity index is 1.51. The molecule has 0 radical (unpaired) electrons. The van der Waals surface area contributed by atoms with Crippen molar-refractivity contribution < 1.29 is 13.6 Å². The predicted molar refractivity (Wildman–Crippen MR) is 98.9 cm³/mol. The van der Waals surface area contributed by atoms with Crippen LogP contribution in [0.4, 0.5) is 0 Å². The number of fused-ring (bicyclic) bond motifs is 5. The van der Waals surface area contributed by atoms with Gasteiger partial charge in [0, 0.05) is 17.2 Å². The van der Waals surface area contributed by atoms with Gasteiger partial charge in [0.25, 0.3) is 0 Å². The second kappa shape index (κ2) is 5.66. The predicted octanol–water partition coefficient (Wildman–Crippen LogP) is 3.36. The Morgan fingerprint density at radius 2 is 1.73 bits per heavy atom. The van der Waals surface area contributed by atoms with E-state index in [1.54, 1.807) is 12.1 Å². The minimum Gasteiger partial charge on any atom is -0.410 e. The van der Waals surface area contributed by atoms with Crippen molar-refractivity contribution in [2.24, 2.45) is 17.0 Å². The minimum absolute atomic E-state index is 0.0511. The van der Waals surface area contributed by atoms with Gasteiger partial charge < -0.3 is 5.21 Å². The fraction of sp³-hybridized carbons (Fsp3) is 0.350. The van der Waals surface area contributed by atoms with Crippen LogP contribution in [0.25, 0.3) is 11.1 Å². The maximum atomic E-state index is 12.9. The molecule has 2 saturated carbocycles. The lowest BCUT2D eigenvalue weighted by atomic mass is 9.96. The van der Waals surface area contributed by atoms with Crippen LogP contribution >= 0.6 is 0 Å². The second-order valence-electron chi connectivity index (χ2n) is 7.60. The van der Waals surface area contributed by atoms with Gasteiger partial charge in [0.2, 0.25) is 10.0 Å². The molecule has 0 heterocycles. The van der Waals surface area contributed by atoms with Crippen molar-refractivity contribution in [1.29, 1.82) is 0 Å². The highest BCUT2D eigenvalue weighted by Gasteiger charge is 2.41. The smallest absolute Gasteiger partial charge is 0.240 e. The van der Waals surface area contributed by atoms with Crippen LogP contribution in [0.5, 0.6) is 0 Å². The summed E-state index contributed by atoms with van der Waals surface area (Å²) < 4.78 is 28.8. The van der Waals surface area contributed by atoms with Crippen molar-refractivity contribution in [3.63, 3.8) is 0 Å². The lowest BCUT2D eigenvalue weighted by Gasteiger charge is -2.22. The number of nitrogens with zero attached hydrogens (tertiary/aromatic N) is 1. The Morgan fingerprint density at radius 3 is 2.42 bits per heavy atom. The number of nitrogens with one attached hydrogen (secondary N) is 1. The topological polar surface area (TPSA) is 78.8 Å². The number of hydrogen-bond acceptors (Lipinski definition) is 4. The zero-order chi connectivity index (χ0) is 17.9. The summed E-state index contributed by atoms with van der Waals surface area (Å²) in [5, 5.41) is 12.9. The molecule has 3 aliphatic carbocycles.